The summed E-state index contributed by atoms with van der Waals surface area (Å²) in [4.78, 5) is 8.59. The summed E-state index contributed by atoms with van der Waals surface area (Å²) in [7, 11) is 0. The summed E-state index contributed by atoms with van der Waals surface area (Å²) in [6, 6.07) is 3.61. The molecule has 1 saturated heterocycles. The first-order valence-electron chi connectivity index (χ1n) is 6.08. The zero-order valence-electron chi connectivity index (χ0n) is 10.2. The predicted molar refractivity (Wildman–Crippen MR) is 72.9 cm³/mol. The Morgan fingerprint density at radius 2 is 2.33 bits per heavy atom. The summed E-state index contributed by atoms with van der Waals surface area (Å²) >= 11 is 0. The van der Waals surface area contributed by atoms with Gasteiger partial charge in [0.2, 0.25) is 0 Å². The number of nitrogens with zero attached hydrogens (tertiary/aromatic N) is 2. The molecule has 0 amide bonds. The Bertz CT molecular complexity index is 433. The molecule has 0 bridgehead atoms. The van der Waals surface area contributed by atoms with Crippen molar-refractivity contribution >= 4 is 17.5 Å². The van der Waals surface area contributed by atoms with E-state index in [1.807, 2.05) is 6.07 Å². The maximum atomic E-state index is 5.59. The molecule has 1 aliphatic rings. The van der Waals surface area contributed by atoms with Crippen molar-refractivity contribution in [1.29, 1.82) is 0 Å². The van der Waals surface area contributed by atoms with Gasteiger partial charge in [-0.2, -0.15) is 0 Å². The molecule has 1 atom stereocenters. The quantitative estimate of drug-likeness (QED) is 0.792. The van der Waals surface area contributed by atoms with Crippen LogP contribution in [0, 0.1) is 0 Å². The molecule has 1 aromatic heterocycles. The summed E-state index contributed by atoms with van der Waals surface area (Å²) in [6.07, 6.45) is 7.99. The van der Waals surface area contributed by atoms with Gasteiger partial charge in [0.25, 0.3) is 0 Å². The Balaban J connectivity index is 2.05. The third kappa shape index (κ3) is 3.30. The van der Waals surface area contributed by atoms with Gasteiger partial charge < -0.3 is 16.2 Å². The summed E-state index contributed by atoms with van der Waals surface area (Å²) in [5.74, 6) is 0. The highest BCUT2D eigenvalue weighted by Crippen LogP contribution is 2.15. The van der Waals surface area contributed by atoms with Crippen molar-refractivity contribution in [3.05, 3.63) is 30.2 Å². The first kappa shape index (κ1) is 12.6. The molecule has 1 unspecified atom stereocenters. The van der Waals surface area contributed by atoms with Crippen LogP contribution >= 0.6 is 0 Å². The van der Waals surface area contributed by atoms with E-state index in [2.05, 4.69) is 9.98 Å². The minimum absolute atomic E-state index is 0.0533. The summed E-state index contributed by atoms with van der Waals surface area (Å²) in [6.45, 7) is 0.782. The fraction of sp³-hybridized carbons (Fsp3) is 0.385. The second-order valence-electron chi connectivity index (χ2n) is 4.20. The predicted octanol–water partition coefficient (Wildman–Crippen LogP) is 1.56. The van der Waals surface area contributed by atoms with Gasteiger partial charge in [-0.25, -0.2) is 0 Å². The van der Waals surface area contributed by atoms with E-state index in [1.165, 1.54) is 6.20 Å². The number of aliphatic imine (C=N–C) groups is 1. The number of hydrogen-bond acceptors (Lipinski definition) is 5. The average Bonchev–Trinajstić information content (AvgIpc) is 2.42. The summed E-state index contributed by atoms with van der Waals surface area (Å²) in [5, 5.41) is 0. The van der Waals surface area contributed by atoms with Gasteiger partial charge in [0.1, 0.15) is 6.23 Å². The number of anilines is 1. The molecular formula is C13H18N4O. The molecule has 1 aliphatic heterocycles. The molecule has 0 radical (unpaired) electrons. The van der Waals surface area contributed by atoms with Crippen molar-refractivity contribution < 1.29 is 4.74 Å². The number of nitrogen functional groups attached to an aromatic ring is 1. The molecule has 1 fully saturated rings. The van der Waals surface area contributed by atoms with Gasteiger partial charge >= 0.3 is 0 Å². The first-order chi connectivity index (χ1) is 8.79. The van der Waals surface area contributed by atoms with Crippen LogP contribution in [0.2, 0.25) is 0 Å². The van der Waals surface area contributed by atoms with Crippen LogP contribution in [0.5, 0.6) is 0 Å². The zero-order chi connectivity index (χ0) is 12.8. The minimum atomic E-state index is -0.0533. The van der Waals surface area contributed by atoms with Crippen molar-refractivity contribution in [2.45, 2.75) is 25.5 Å². The largest absolute Gasteiger partial charge is 0.404 e. The Morgan fingerprint density at radius 1 is 1.44 bits per heavy atom. The molecule has 0 aromatic carbocycles. The topological polar surface area (TPSA) is 86.5 Å². The SMILES string of the molecule is NC=C(C=NC1CCCCO1)c1ccc(N)cn1. The van der Waals surface area contributed by atoms with E-state index < -0.39 is 0 Å². The van der Waals surface area contributed by atoms with E-state index in [-0.39, 0.29) is 6.23 Å². The normalized spacial score (nSPS) is 21.3. The Kier molecular flexibility index (Phi) is 4.30. The van der Waals surface area contributed by atoms with Crippen LogP contribution in [0.1, 0.15) is 25.0 Å². The van der Waals surface area contributed by atoms with Crippen LogP contribution in [-0.2, 0) is 4.74 Å². The number of ether oxygens (including phenoxy) is 1. The number of hydrogen-bond donors (Lipinski definition) is 2. The molecule has 0 aliphatic carbocycles. The van der Waals surface area contributed by atoms with Crippen molar-refractivity contribution in [1.82, 2.24) is 4.98 Å². The van der Waals surface area contributed by atoms with E-state index in [0.29, 0.717) is 5.69 Å². The van der Waals surface area contributed by atoms with Crippen molar-refractivity contribution in [2.75, 3.05) is 12.3 Å². The Labute approximate surface area is 107 Å². The van der Waals surface area contributed by atoms with Crippen LogP contribution in [0.15, 0.2) is 29.5 Å². The van der Waals surface area contributed by atoms with Gasteiger partial charge in [-0.15, -0.1) is 0 Å². The van der Waals surface area contributed by atoms with Gasteiger partial charge in [-0.05, 0) is 31.4 Å². The molecule has 96 valence electrons. The number of aromatic nitrogens is 1. The van der Waals surface area contributed by atoms with E-state index in [4.69, 9.17) is 16.2 Å². The van der Waals surface area contributed by atoms with Crippen LogP contribution in [0.25, 0.3) is 5.57 Å². The monoisotopic (exact) mass is 246 g/mol. The Morgan fingerprint density at radius 3 is 2.94 bits per heavy atom. The lowest BCUT2D eigenvalue weighted by molar-refractivity contribution is 0.0227. The number of pyridine rings is 1. The highest BCUT2D eigenvalue weighted by atomic mass is 16.5. The van der Waals surface area contributed by atoms with E-state index in [1.54, 1.807) is 18.5 Å². The number of rotatable bonds is 3. The number of allylic oxidation sites excluding steroid dienone is 1. The minimum Gasteiger partial charge on any atom is -0.404 e. The van der Waals surface area contributed by atoms with Crippen LogP contribution in [0.3, 0.4) is 0 Å². The van der Waals surface area contributed by atoms with Gasteiger partial charge in [-0.3, -0.25) is 9.98 Å². The average molecular weight is 246 g/mol. The molecule has 0 saturated carbocycles. The van der Waals surface area contributed by atoms with Gasteiger partial charge in [0, 0.05) is 24.6 Å². The van der Waals surface area contributed by atoms with E-state index >= 15 is 0 Å². The van der Waals surface area contributed by atoms with E-state index in [9.17, 15) is 0 Å². The van der Waals surface area contributed by atoms with E-state index in [0.717, 1.165) is 37.1 Å². The lowest BCUT2D eigenvalue weighted by atomic mass is 10.2. The van der Waals surface area contributed by atoms with Crippen molar-refractivity contribution in [3.63, 3.8) is 0 Å². The Hall–Kier alpha value is -1.88. The number of nitrogens with two attached hydrogens (primary N) is 2. The lowest BCUT2D eigenvalue weighted by Gasteiger charge is -2.18. The third-order valence-corrected chi connectivity index (χ3v) is 2.80. The highest BCUT2D eigenvalue weighted by Gasteiger charge is 2.11. The van der Waals surface area contributed by atoms with Gasteiger partial charge in [0.05, 0.1) is 17.6 Å². The lowest BCUT2D eigenvalue weighted by Crippen LogP contribution is -2.16. The maximum Gasteiger partial charge on any atom is 0.148 e. The first-order valence-corrected chi connectivity index (χ1v) is 6.08. The smallest absolute Gasteiger partial charge is 0.148 e. The highest BCUT2D eigenvalue weighted by molar-refractivity contribution is 6.08. The molecule has 0 spiro atoms. The molecule has 18 heavy (non-hydrogen) atoms. The molecular weight excluding hydrogens is 228 g/mol. The molecule has 5 nitrogen and oxygen atoms in total. The molecule has 5 heteroatoms. The maximum absolute atomic E-state index is 5.59. The van der Waals surface area contributed by atoms with Crippen molar-refractivity contribution in [2.24, 2.45) is 10.7 Å². The molecule has 1 aromatic rings. The molecule has 2 heterocycles. The second-order valence-corrected chi connectivity index (χ2v) is 4.20. The van der Waals surface area contributed by atoms with Gasteiger partial charge in [0.15, 0.2) is 0 Å². The van der Waals surface area contributed by atoms with Crippen LogP contribution < -0.4 is 11.5 Å². The van der Waals surface area contributed by atoms with Crippen LogP contribution in [-0.4, -0.2) is 24.0 Å². The zero-order valence-corrected chi connectivity index (χ0v) is 10.2. The van der Waals surface area contributed by atoms with Crippen LogP contribution in [0.4, 0.5) is 5.69 Å². The third-order valence-electron chi connectivity index (χ3n) is 2.80. The summed E-state index contributed by atoms with van der Waals surface area (Å²) in [5.41, 5.74) is 13.3. The summed E-state index contributed by atoms with van der Waals surface area (Å²) < 4.78 is 5.52. The second kappa shape index (κ2) is 6.16. The molecule has 4 N–H and O–H groups in total. The molecule has 2 rings (SSSR count). The van der Waals surface area contributed by atoms with Gasteiger partial charge in [-0.1, -0.05) is 0 Å². The fourth-order valence-corrected chi connectivity index (χ4v) is 1.78. The van der Waals surface area contributed by atoms with Crippen molar-refractivity contribution in [3.8, 4) is 0 Å². The standard InChI is InChI=1S/C13H18N4O/c14-7-10(12-5-4-11(15)9-16-12)8-17-13-3-1-2-6-18-13/h4-5,7-9,13H,1-3,6,14-15H2. The fourth-order valence-electron chi connectivity index (χ4n) is 1.78.